The molecule has 0 bridgehead atoms. The van der Waals surface area contributed by atoms with E-state index >= 15 is 0 Å². The molecule has 21 heavy (non-hydrogen) atoms. The lowest BCUT2D eigenvalue weighted by Gasteiger charge is -2.17. The summed E-state index contributed by atoms with van der Waals surface area (Å²) in [5.74, 6) is 0.0678. The van der Waals surface area contributed by atoms with Gasteiger partial charge >= 0.3 is 5.69 Å². The molecule has 1 amide bonds. The number of aromatic nitrogens is 2. The van der Waals surface area contributed by atoms with E-state index in [2.05, 4.69) is 45.1 Å². The van der Waals surface area contributed by atoms with Gasteiger partial charge in [0.25, 0.3) is 0 Å². The lowest BCUT2D eigenvalue weighted by Crippen LogP contribution is -2.30. The van der Waals surface area contributed by atoms with Crippen LogP contribution in [-0.2, 0) is 4.79 Å². The molecule has 6 nitrogen and oxygen atoms in total. The molecule has 0 saturated carbocycles. The average Bonchev–Trinajstić information content (AvgIpc) is 2.75. The predicted octanol–water partition coefficient (Wildman–Crippen LogP) is 2.18. The van der Waals surface area contributed by atoms with E-state index < -0.39 is 0 Å². The third-order valence-electron chi connectivity index (χ3n) is 3.27. The van der Waals surface area contributed by atoms with Crippen LogP contribution in [0.4, 0.5) is 5.69 Å². The summed E-state index contributed by atoms with van der Waals surface area (Å²) in [6, 6.07) is 3.47. The van der Waals surface area contributed by atoms with E-state index in [1.807, 2.05) is 0 Å². The van der Waals surface area contributed by atoms with Crippen LogP contribution in [0.15, 0.2) is 21.4 Å². The fraction of sp³-hybridized carbons (Fsp3) is 0.429. The normalized spacial score (nSPS) is 12.8. The first kappa shape index (κ1) is 15.8. The molecule has 1 atom stereocenters. The second-order valence-corrected chi connectivity index (χ2v) is 6.36. The lowest BCUT2D eigenvalue weighted by molar-refractivity contribution is -0.120. The highest BCUT2D eigenvalue weighted by molar-refractivity contribution is 9.10. The van der Waals surface area contributed by atoms with Gasteiger partial charge in [-0.3, -0.25) is 4.79 Å². The summed E-state index contributed by atoms with van der Waals surface area (Å²) in [6.45, 7) is 4.43. The number of hydrogen-bond donors (Lipinski definition) is 4. The summed E-state index contributed by atoms with van der Waals surface area (Å²) in [5.41, 5.74) is 7.35. The first-order valence-electron chi connectivity index (χ1n) is 6.83. The van der Waals surface area contributed by atoms with E-state index in [0.717, 1.165) is 6.42 Å². The topological polar surface area (TPSA) is 104 Å². The molecule has 0 aliphatic carbocycles. The van der Waals surface area contributed by atoms with Crippen LogP contribution in [0.25, 0.3) is 11.0 Å². The van der Waals surface area contributed by atoms with Gasteiger partial charge in [-0.2, -0.15) is 0 Å². The monoisotopic (exact) mass is 354 g/mol. The van der Waals surface area contributed by atoms with E-state index in [-0.39, 0.29) is 17.5 Å². The van der Waals surface area contributed by atoms with E-state index in [9.17, 15) is 9.59 Å². The molecule has 0 saturated heterocycles. The molecule has 1 heterocycles. The zero-order valence-corrected chi connectivity index (χ0v) is 13.6. The molecule has 1 aromatic carbocycles. The third-order valence-corrected chi connectivity index (χ3v) is 3.93. The standard InChI is InChI=1S/C14H19BrN4O2/c1-7(2)3-8(6-16)13(20)17-10-5-12-11(4-9(10)15)18-14(21)19-12/h4-5,7-8H,3,6,16H2,1-2H3,(H,17,20)(H2,18,19,21). The second kappa shape index (κ2) is 6.44. The Labute approximate surface area is 130 Å². The van der Waals surface area contributed by atoms with Crippen molar-refractivity contribution in [2.75, 3.05) is 11.9 Å². The van der Waals surface area contributed by atoms with Crippen LogP contribution < -0.4 is 16.7 Å². The number of benzene rings is 1. The Balaban J connectivity index is 2.23. The molecule has 0 fully saturated rings. The Hall–Kier alpha value is -1.60. The van der Waals surface area contributed by atoms with E-state index in [1.165, 1.54) is 0 Å². The number of halogens is 1. The number of H-pyrrole nitrogens is 2. The SMILES string of the molecule is CC(C)CC(CN)C(=O)Nc1cc2[nH]c(=O)[nH]c2cc1Br. The molecule has 2 aromatic rings. The van der Waals surface area contributed by atoms with Crippen LogP contribution >= 0.6 is 15.9 Å². The van der Waals surface area contributed by atoms with Crippen molar-refractivity contribution in [1.29, 1.82) is 0 Å². The Kier molecular flexibility index (Phi) is 4.84. The predicted molar refractivity (Wildman–Crippen MR) is 87.2 cm³/mol. The summed E-state index contributed by atoms with van der Waals surface area (Å²) < 4.78 is 0.707. The van der Waals surface area contributed by atoms with Gasteiger partial charge in [0.1, 0.15) is 0 Å². The van der Waals surface area contributed by atoms with Crippen LogP contribution in [0.1, 0.15) is 20.3 Å². The van der Waals surface area contributed by atoms with Gasteiger partial charge in [-0.1, -0.05) is 13.8 Å². The average molecular weight is 355 g/mol. The summed E-state index contributed by atoms with van der Waals surface area (Å²) in [4.78, 5) is 28.9. The van der Waals surface area contributed by atoms with E-state index in [1.54, 1.807) is 12.1 Å². The molecule has 0 spiro atoms. The van der Waals surface area contributed by atoms with E-state index in [4.69, 9.17) is 5.73 Å². The quantitative estimate of drug-likeness (QED) is 0.661. The molecule has 5 N–H and O–H groups in total. The van der Waals surface area contributed by atoms with Crippen LogP contribution in [0.5, 0.6) is 0 Å². The highest BCUT2D eigenvalue weighted by atomic mass is 79.9. The first-order chi connectivity index (χ1) is 9.90. The zero-order chi connectivity index (χ0) is 15.6. The summed E-state index contributed by atoms with van der Waals surface area (Å²) in [7, 11) is 0. The minimum Gasteiger partial charge on any atom is -0.330 e. The summed E-state index contributed by atoms with van der Waals surface area (Å²) >= 11 is 3.40. The van der Waals surface area contributed by atoms with Crippen molar-refractivity contribution in [2.45, 2.75) is 20.3 Å². The van der Waals surface area contributed by atoms with Crippen LogP contribution in [0.2, 0.25) is 0 Å². The number of nitrogens with one attached hydrogen (secondary N) is 3. The number of aromatic amines is 2. The van der Waals surface area contributed by atoms with Gasteiger partial charge in [-0.25, -0.2) is 4.79 Å². The number of carbonyl (C=O) groups excluding carboxylic acids is 1. The number of hydrogen-bond acceptors (Lipinski definition) is 3. The fourth-order valence-electron chi connectivity index (χ4n) is 2.27. The maximum atomic E-state index is 12.3. The maximum Gasteiger partial charge on any atom is 0.323 e. The number of fused-ring (bicyclic) bond motifs is 1. The minimum atomic E-state index is -0.278. The van der Waals surface area contributed by atoms with Gasteiger partial charge < -0.3 is 21.0 Å². The van der Waals surface area contributed by atoms with Gasteiger partial charge in [0, 0.05) is 11.0 Å². The zero-order valence-electron chi connectivity index (χ0n) is 12.0. The number of rotatable bonds is 5. The number of carbonyl (C=O) groups is 1. The van der Waals surface area contributed by atoms with Crippen molar-refractivity contribution in [1.82, 2.24) is 9.97 Å². The van der Waals surface area contributed by atoms with Crippen molar-refractivity contribution in [2.24, 2.45) is 17.6 Å². The Morgan fingerprint density at radius 3 is 2.52 bits per heavy atom. The van der Waals surface area contributed by atoms with Gasteiger partial charge in [-0.15, -0.1) is 0 Å². The Morgan fingerprint density at radius 1 is 1.33 bits per heavy atom. The van der Waals surface area contributed by atoms with Crippen molar-refractivity contribution in [3.8, 4) is 0 Å². The largest absolute Gasteiger partial charge is 0.330 e. The van der Waals surface area contributed by atoms with Crippen LogP contribution in [0, 0.1) is 11.8 Å². The smallest absolute Gasteiger partial charge is 0.323 e. The van der Waals surface area contributed by atoms with Crippen molar-refractivity contribution in [3.63, 3.8) is 0 Å². The highest BCUT2D eigenvalue weighted by Gasteiger charge is 2.19. The summed E-state index contributed by atoms with van der Waals surface area (Å²) in [5, 5.41) is 2.87. The number of nitrogens with two attached hydrogens (primary N) is 1. The molecular formula is C14H19BrN4O2. The molecule has 1 aromatic heterocycles. The first-order valence-corrected chi connectivity index (χ1v) is 7.62. The molecule has 0 aliphatic rings. The van der Waals surface area contributed by atoms with Crippen LogP contribution in [-0.4, -0.2) is 22.4 Å². The van der Waals surface area contributed by atoms with Gasteiger partial charge in [0.05, 0.1) is 22.6 Å². The Morgan fingerprint density at radius 2 is 1.95 bits per heavy atom. The molecular weight excluding hydrogens is 336 g/mol. The van der Waals surface area contributed by atoms with Gasteiger partial charge in [-0.05, 0) is 40.4 Å². The molecule has 0 aliphatic heterocycles. The fourth-order valence-corrected chi connectivity index (χ4v) is 2.71. The number of amides is 1. The molecule has 1 unspecified atom stereocenters. The minimum absolute atomic E-state index is 0.107. The van der Waals surface area contributed by atoms with E-state index in [0.29, 0.717) is 33.7 Å². The maximum absolute atomic E-state index is 12.3. The third kappa shape index (κ3) is 3.74. The van der Waals surface area contributed by atoms with Gasteiger partial charge in [0.15, 0.2) is 0 Å². The molecule has 7 heteroatoms. The highest BCUT2D eigenvalue weighted by Crippen LogP contribution is 2.27. The van der Waals surface area contributed by atoms with Crippen molar-refractivity contribution in [3.05, 3.63) is 27.1 Å². The molecule has 2 rings (SSSR count). The number of imidazole rings is 1. The molecule has 0 radical (unpaired) electrons. The number of anilines is 1. The lowest BCUT2D eigenvalue weighted by atomic mass is 9.96. The molecule has 114 valence electrons. The van der Waals surface area contributed by atoms with Crippen LogP contribution in [0.3, 0.4) is 0 Å². The van der Waals surface area contributed by atoms with Gasteiger partial charge in [0.2, 0.25) is 5.91 Å². The summed E-state index contributed by atoms with van der Waals surface area (Å²) in [6.07, 6.45) is 0.739. The van der Waals surface area contributed by atoms with Crippen molar-refractivity contribution >= 4 is 38.6 Å². The van der Waals surface area contributed by atoms with Crippen molar-refractivity contribution < 1.29 is 4.79 Å². The Bertz CT molecular complexity index is 705. The second-order valence-electron chi connectivity index (χ2n) is 5.51.